The lowest BCUT2D eigenvalue weighted by atomic mass is 10.1. The predicted octanol–water partition coefficient (Wildman–Crippen LogP) is 10.8. The van der Waals surface area contributed by atoms with Crippen LogP contribution in [0.1, 0.15) is 12.8 Å². The number of ether oxygens (including phenoxy) is 3. The van der Waals surface area contributed by atoms with Crippen LogP contribution in [0.15, 0.2) is 0 Å². The summed E-state index contributed by atoms with van der Waals surface area (Å²) in [5, 5.41) is 0. The molecule has 0 aromatic heterocycles. The van der Waals surface area contributed by atoms with Crippen LogP contribution in [-0.4, -0.2) is 86.6 Å². The van der Waals surface area contributed by atoms with Crippen LogP contribution in [0.4, 0.5) is 132 Å². The van der Waals surface area contributed by atoms with E-state index in [1.165, 1.54) is 0 Å². The van der Waals surface area contributed by atoms with Crippen molar-refractivity contribution in [2.45, 2.75) is 92.8 Å². The van der Waals surface area contributed by atoms with Crippen LogP contribution in [0.3, 0.4) is 0 Å². The summed E-state index contributed by atoms with van der Waals surface area (Å²) in [5.41, 5.74) is 0. The number of hydrogen-bond acceptors (Lipinski definition) is 3. The van der Waals surface area contributed by atoms with E-state index in [1.807, 2.05) is 0 Å². The maximum absolute atomic E-state index is 12.5. The van der Waals surface area contributed by atoms with Crippen LogP contribution < -0.4 is 0 Å². The molecule has 300 valence electrons. The zero-order chi connectivity index (χ0) is 40.9. The predicted molar refractivity (Wildman–Crippen MR) is 88.2 cm³/mol. The van der Waals surface area contributed by atoms with Crippen molar-refractivity contribution in [3.63, 3.8) is 0 Å². The molecule has 0 aromatic rings. The molecule has 2 atom stereocenters. The number of hydrogen-bond donors (Lipinski definition) is 0. The summed E-state index contributed by atoms with van der Waals surface area (Å²) in [4.78, 5) is 0. The van der Waals surface area contributed by atoms with Crippen molar-refractivity contribution in [2.75, 3.05) is 6.61 Å². The lowest BCUT2D eigenvalue weighted by Crippen LogP contribution is -2.62. The van der Waals surface area contributed by atoms with E-state index in [9.17, 15) is 132 Å². The van der Waals surface area contributed by atoms with E-state index in [2.05, 4.69) is 9.47 Å². The average Bonchev–Trinajstić information content (AvgIpc) is 2.71. The molecule has 0 spiro atoms. The molecule has 0 aliphatic rings. The van der Waals surface area contributed by atoms with Crippen LogP contribution in [-0.2, 0) is 14.2 Å². The van der Waals surface area contributed by atoms with Gasteiger partial charge >= 0.3 is 67.7 Å². The summed E-state index contributed by atoms with van der Waals surface area (Å²) in [6.45, 7) is -1.38. The second-order valence-corrected chi connectivity index (χ2v) is 7.82. The van der Waals surface area contributed by atoms with Gasteiger partial charge in [0.25, 0.3) is 0 Å². The topological polar surface area (TPSA) is 27.7 Å². The molecule has 0 aliphatic heterocycles. The molecule has 0 saturated carbocycles. The Kier molecular flexibility index (Phi) is 16.7. The molecule has 0 N–H and O–H groups in total. The smallest absolute Gasteiger partial charge is 0.296 e. The minimum Gasteiger partial charge on any atom is -0.296 e. The molecular formula is C16H8F30O3. The first-order valence-corrected chi connectivity index (χ1v) is 10.3. The Labute approximate surface area is 247 Å². The van der Waals surface area contributed by atoms with E-state index in [4.69, 9.17) is 0 Å². The zero-order valence-electron chi connectivity index (χ0n) is 21.3. The van der Waals surface area contributed by atoms with Gasteiger partial charge in [-0.3, -0.25) is 14.2 Å². The van der Waals surface area contributed by atoms with Crippen LogP contribution in [0.25, 0.3) is 0 Å². The van der Waals surface area contributed by atoms with Crippen LogP contribution >= 0.6 is 0 Å². The Morgan fingerprint density at radius 2 is 0.796 bits per heavy atom. The van der Waals surface area contributed by atoms with Gasteiger partial charge in [0.05, 0.1) is 19.4 Å². The molecular weight excluding hydrogens is 810 g/mol. The molecule has 3 nitrogen and oxygen atoms in total. The second kappa shape index (κ2) is 16.0. The quantitative estimate of drug-likeness (QED) is 0.228. The molecule has 0 rings (SSSR count). The summed E-state index contributed by atoms with van der Waals surface area (Å²) in [5.74, 6) is -14.7. The van der Waals surface area contributed by atoms with Crippen LogP contribution in [0.2, 0.25) is 0 Å². The van der Waals surface area contributed by atoms with Crippen molar-refractivity contribution in [3.8, 4) is 0 Å². The van der Waals surface area contributed by atoms with Crippen molar-refractivity contribution in [1.82, 2.24) is 0 Å². The van der Waals surface area contributed by atoms with Gasteiger partial charge in [0, 0.05) is 0 Å². The summed E-state index contributed by atoms with van der Waals surface area (Å²) in [6.07, 6.45) is -69.8. The summed E-state index contributed by atoms with van der Waals surface area (Å²) in [6, 6.07) is 0. The third-order valence-electron chi connectivity index (χ3n) is 3.70. The van der Waals surface area contributed by atoms with Gasteiger partial charge < -0.3 is 0 Å². The number of rotatable bonds is 8. The Balaban J connectivity index is -0.000000700. The second-order valence-electron chi connectivity index (χ2n) is 7.82. The van der Waals surface area contributed by atoms with E-state index in [-0.39, 0.29) is 0 Å². The van der Waals surface area contributed by atoms with Crippen molar-refractivity contribution >= 4 is 0 Å². The van der Waals surface area contributed by atoms with E-state index >= 15 is 0 Å². The molecule has 2 unspecified atom stereocenters. The van der Waals surface area contributed by atoms with Gasteiger partial charge in [0.15, 0.2) is 6.10 Å². The molecule has 0 saturated heterocycles. The minimum absolute atomic E-state index is 1.38. The van der Waals surface area contributed by atoms with E-state index < -0.39 is 99.4 Å². The van der Waals surface area contributed by atoms with Gasteiger partial charge in [-0.15, -0.1) is 26.3 Å². The first-order chi connectivity index (χ1) is 20.6. The standard InChI is InChI=1S/C7HF15O.C5H3F9O.C4H4F6O/c8-2(9,5(15,16)17)1(3(10,11)12)23-7(21,22)4(13,14)6(18,19)20;6-3(7,8)1-2(4(9,10)11)15-5(12,13)14;5-3(6,7)1-2-11-4(8,9)10/h1H;2H,1H2;1-2H2. The van der Waals surface area contributed by atoms with Crippen molar-refractivity contribution < 1.29 is 146 Å². The largest absolute Gasteiger partial charge is 0.523 e. The fourth-order valence-electron chi connectivity index (χ4n) is 1.76. The molecule has 33 heteroatoms. The van der Waals surface area contributed by atoms with Crippen molar-refractivity contribution in [3.05, 3.63) is 0 Å². The Hall–Kier alpha value is -2.22. The van der Waals surface area contributed by atoms with Crippen LogP contribution in [0, 0.1) is 0 Å². The van der Waals surface area contributed by atoms with Crippen molar-refractivity contribution in [2.24, 2.45) is 0 Å². The first kappa shape index (κ1) is 51.2. The van der Waals surface area contributed by atoms with Gasteiger partial charge in [0.1, 0.15) is 0 Å². The van der Waals surface area contributed by atoms with Crippen LogP contribution in [0.5, 0.6) is 0 Å². The Morgan fingerprint density at radius 1 is 0.408 bits per heavy atom. The monoisotopic (exact) mass is 818 g/mol. The van der Waals surface area contributed by atoms with Gasteiger partial charge in [-0.25, -0.2) is 0 Å². The molecule has 0 bridgehead atoms. The van der Waals surface area contributed by atoms with Crippen molar-refractivity contribution in [1.29, 1.82) is 0 Å². The normalized spacial score (nSPS) is 16.3. The first-order valence-electron chi connectivity index (χ1n) is 10.3. The zero-order valence-corrected chi connectivity index (χ0v) is 21.3. The summed E-state index contributed by atoms with van der Waals surface area (Å²) >= 11 is 0. The summed E-state index contributed by atoms with van der Waals surface area (Å²) in [7, 11) is 0. The van der Waals surface area contributed by atoms with E-state index in [1.54, 1.807) is 4.74 Å². The third kappa shape index (κ3) is 20.3. The highest BCUT2D eigenvalue weighted by atomic mass is 19.5. The lowest BCUT2D eigenvalue weighted by molar-refractivity contribution is -0.470. The molecule has 0 aliphatic carbocycles. The fraction of sp³-hybridized carbons (Fsp3) is 1.00. The minimum atomic E-state index is -7.48. The Bertz CT molecular complexity index is 922. The third-order valence-corrected chi connectivity index (χ3v) is 3.70. The SMILES string of the molecule is FC(F)(F)C(OC(F)(F)C(F)(F)C(F)(F)F)C(F)(F)C(F)(F)F.FC(F)(F)CC(OC(F)(F)F)C(F)(F)F.FC(F)(F)CCOC(F)(F)F. The Morgan fingerprint density at radius 3 is 1.02 bits per heavy atom. The molecule has 0 heterocycles. The van der Waals surface area contributed by atoms with E-state index in [0.29, 0.717) is 0 Å². The number of alkyl halides is 30. The maximum Gasteiger partial charge on any atom is 0.523 e. The van der Waals surface area contributed by atoms with Gasteiger partial charge in [-0.1, -0.05) is 0 Å². The van der Waals surface area contributed by atoms with Gasteiger partial charge in [0.2, 0.25) is 6.10 Å². The molecule has 0 amide bonds. The highest BCUT2D eigenvalue weighted by Crippen LogP contribution is 2.52. The van der Waals surface area contributed by atoms with Gasteiger partial charge in [-0.05, 0) is 0 Å². The summed E-state index contributed by atoms with van der Waals surface area (Å²) < 4.78 is 357. The number of halogens is 30. The molecule has 0 radical (unpaired) electrons. The highest BCUT2D eigenvalue weighted by Gasteiger charge is 2.79. The molecule has 0 aromatic carbocycles. The average molecular weight is 818 g/mol. The van der Waals surface area contributed by atoms with E-state index in [0.717, 1.165) is 0 Å². The lowest BCUT2D eigenvalue weighted by Gasteiger charge is -2.35. The molecule has 0 fully saturated rings. The molecule has 49 heavy (non-hydrogen) atoms. The maximum atomic E-state index is 12.5. The van der Waals surface area contributed by atoms with Gasteiger partial charge in [-0.2, -0.15) is 105 Å². The highest BCUT2D eigenvalue weighted by molar-refractivity contribution is 4.94. The fourth-order valence-corrected chi connectivity index (χ4v) is 1.76.